The summed E-state index contributed by atoms with van der Waals surface area (Å²) >= 11 is 3.50. The number of nitrogens with zero attached hydrogens (tertiary/aromatic N) is 5. The molecule has 9 heteroatoms. The lowest BCUT2D eigenvalue weighted by Crippen LogP contribution is -2.37. The highest BCUT2D eigenvalue weighted by atomic mass is 79.9. The van der Waals surface area contributed by atoms with Crippen molar-refractivity contribution in [2.24, 2.45) is 0 Å². The first-order chi connectivity index (χ1) is 13.2. The number of ether oxygens (including phenoxy) is 1. The van der Waals surface area contributed by atoms with E-state index in [9.17, 15) is 4.79 Å². The zero-order valence-corrected chi connectivity index (χ0v) is 16.4. The van der Waals surface area contributed by atoms with Crippen LogP contribution in [-0.2, 0) is 16.1 Å². The average molecular weight is 431 g/mol. The van der Waals surface area contributed by atoms with Crippen LogP contribution in [0.5, 0.6) is 0 Å². The number of anilines is 2. The number of esters is 1. The number of carbonyl (C=O) groups is 1. The SMILES string of the molecule is COC(=O)[C@@H]1CCCN1c1cc(NCc2cccnc2)n2ncc(Br)c2n1. The summed E-state index contributed by atoms with van der Waals surface area (Å²) in [5.74, 6) is 1.29. The Morgan fingerprint density at radius 2 is 2.33 bits per heavy atom. The van der Waals surface area contributed by atoms with Gasteiger partial charge in [-0.25, -0.2) is 9.78 Å². The number of fused-ring (bicyclic) bond motifs is 1. The van der Waals surface area contributed by atoms with Crippen molar-refractivity contribution in [2.75, 3.05) is 23.9 Å². The van der Waals surface area contributed by atoms with Gasteiger partial charge in [0, 0.05) is 31.5 Å². The lowest BCUT2D eigenvalue weighted by atomic mass is 10.2. The molecule has 1 atom stereocenters. The van der Waals surface area contributed by atoms with E-state index in [1.165, 1.54) is 7.11 Å². The van der Waals surface area contributed by atoms with E-state index in [0.29, 0.717) is 12.2 Å². The molecule has 0 aliphatic carbocycles. The van der Waals surface area contributed by atoms with E-state index < -0.39 is 0 Å². The second kappa shape index (κ2) is 7.51. The number of methoxy groups -OCH3 is 1. The summed E-state index contributed by atoms with van der Waals surface area (Å²) in [5.41, 5.74) is 1.75. The van der Waals surface area contributed by atoms with Gasteiger partial charge < -0.3 is 15.0 Å². The highest BCUT2D eigenvalue weighted by Crippen LogP contribution is 2.29. The van der Waals surface area contributed by atoms with Crippen molar-refractivity contribution in [3.8, 4) is 0 Å². The van der Waals surface area contributed by atoms with E-state index in [1.54, 1.807) is 16.9 Å². The molecule has 27 heavy (non-hydrogen) atoms. The van der Waals surface area contributed by atoms with Crippen molar-refractivity contribution in [3.63, 3.8) is 0 Å². The Kier molecular flexibility index (Phi) is 4.93. The largest absolute Gasteiger partial charge is 0.467 e. The quantitative estimate of drug-likeness (QED) is 0.622. The fraction of sp³-hybridized carbons (Fsp3) is 0.333. The third-order valence-corrected chi connectivity index (χ3v) is 5.19. The molecule has 0 radical (unpaired) electrons. The Hall–Kier alpha value is -2.68. The normalized spacial score (nSPS) is 16.7. The van der Waals surface area contributed by atoms with Crippen LogP contribution in [0.25, 0.3) is 5.65 Å². The summed E-state index contributed by atoms with van der Waals surface area (Å²) in [6.07, 6.45) is 6.96. The zero-order chi connectivity index (χ0) is 18.8. The predicted octanol–water partition coefficient (Wildman–Crippen LogP) is 2.64. The first-order valence-corrected chi connectivity index (χ1v) is 9.48. The van der Waals surface area contributed by atoms with Gasteiger partial charge in [-0.2, -0.15) is 9.61 Å². The van der Waals surface area contributed by atoms with E-state index in [4.69, 9.17) is 9.72 Å². The number of carbonyl (C=O) groups excluding carboxylic acids is 1. The smallest absolute Gasteiger partial charge is 0.328 e. The Bertz CT molecular complexity index is 961. The number of halogens is 1. The maximum Gasteiger partial charge on any atom is 0.328 e. The van der Waals surface area contributed by atoms with Gasteiger partial charge in [0.2, 0.25) is 0 Å². The van der Waals surface area contributed by atoms with E-state index >= 15 is 0 Å². The molecule has 0 spiro atoms. The number of hydrogen-bond donors (Lipinski definition) is 1. The molecule has 0 amide bonds. The molecule has 1 N–H and O–H groups in total. The molecule has 0 unspecified atom stereocenters. The van der Waals surface area contributed by atoms with Crippen molar-refractivity contribution in [1.82, 2.24) is 19.6 Å². The number of pyridine rings is 1. The van der Waals surface area contributed by atoms with Gasteiger partial charge in [0.15, 0.2) is 5.65 Å². The highest BCUT2D eigenvalue weighted by Gasteiger charge is 2.33. The van der Waals surface area contributed by atoms with Crippen LogP contribution in [0.2, 0.25) is 0 Å². The fourth-order valence-corrected chi connectivity index (χ4v) is 3.66. The van der Waals surface area contributed by atoms with Crippen LogP contribution in [-0.4, -0.2) is 45.2 Å². The maximum atomic E-state index is 12.1. The first-order valence-electron chi connectivity index (χ1n) is 8.69. The first kappa shape index (κ1) is 17.7. The molecular formula is C18H19BrN6O2. The zero-order valence-electron chi connectivity index (χ0n) is 14.8. The van der Waals surface area contributed by atoms with E-state index in [-0.39, 0.29) is 12.0 Å². The molecule has 0 saturated carbocycles. The molecule has 3 aromatic heterocycles. The van der Waals surface area contributed by atoms with Crippen LogP contribution < -0.4 is 10.2 Å². The van der Waals surface area contributed by atoms with E-state index in [2.05, 4.69) is 31.3 Å². The topological polar surface area (TPSA) is 84.7 Å². The molecule has 4 heterocycles. The van der Waals surface area contributed by atoms with Gasteiger partial charge in [-0.3, -0.25) is 4.98 Å². The molecule has 3 aromatic rings. The molecular weight excluding hydrogens is 412 g/mol. The summed E-state index contributed by atoms with van der Waals surface area (Å²) in [7, 11) is 1.42. The third-order valence-electron chi connectivity index (χ3n) is 4.63. The number of aromatic nitrogens is 4. The van der Waals surface area contributed by atoms with Crippen molar-refractivity contribution in [2.45, 2.75) is 25.4 Å². The van der Waals surface area contributed by atoms with Gasteiger partial charge in [0.1, 0.15) is 17.7 Å². The van der Waals surface area contributed by atoms with Crippen LogP contribution in [0, 0.1) is 0 Å². The second-order valence-corrected chi connectivity index (χ2v) is 7.17. The van der Waals surface area contributed by atoms with Crippen LogP contribution in [0.15, 0.2) is 41.3 Å². The standard InChI is InChI=1S/C18H19BrN6O2/c1-27-18(26)14-5-3-7-24(14)16-8-15(21-10-12-4-2-6-20-9-12)25-17(23-16)13(19)11-22-25/h2,4,6,8-9,11,14,21H,3,5,7,10H2,1H3/t14-/m0/s1. The molecule has 1 aliphatic heterocycles. The number of rotatable bonds is 5. The monoisotopic (exact) mass is 430 g/mol. The van der Waals surface area contributed by atoms with Crippen LogP contribution in [0.3, 0.4) is 0 Å². The minimum Gasteiger partial charge on any atom is -0.467 e. The Morgan fingerprint density at radius 1 is 1.44 bits per heavy atom. The van der Waals surface area contributed by atoms with Crippen molar-refractivity contribution in [3.05, 3.63) is 46.8 Å². The van der Waals surface area contributed by atoms with Crippen molar-refractivity contribution in [1.29, 1.82) is 0 Å². The Morgan fingerprint density at radius 3 is 3.11 bits per heavy atom. The summed E-state index contributed by atoms with van der Waals surface area (Å²) in [5, 5.41) is 7.78. The van der Waals surface area contributed by atoms with Gasteiger partial charge >= 0.3 is 5.97 Å². The molecule has 140 valence electrons. The summed E-state index contributed by atoms with van der Waals surface area (Å²) in [4.78, 5) is 23.0. The fourth-order valence-electron chi connectivity index (χ4n) is 3.31. The summed E-state index contributed by atoms with van der Waals surface area (Å²) in [6, 6.07) is 5.52. The van der Waals surface area contributed by atoms with E-state index in [1.807, 2.05) is 29.3 Å². The number of hydrogen-bond acceptors (Lipinski definition) is 7. The molecule has 4 rings (SSSR count). The summed E-state index contributed by atoms with van der Waals surface area (Å²) in [6.45, 7) is 1.36. The number of nitrogens with one attached hydrogen (secondary N) is 1. The molecule has 8 nitrogen and oxygen atoms in total. The second-order valence-electron chi connectivity index (χ2n) is 6.32. The maximum absolute atomic E-state index is 12.1. The average Bonchev–Trinajstić information content (AvgIpc) is 3.33. The third kappa shape index (κ3) is 3.46. The van der Waals surface area contributed by atoms with E-state index in [0.717, 1.165) is 41.1 Å². The minimum atomic E-state index is -0.308. The van der Waals surface area contributed by atoms with Gasteiger partial charge in [-0.05, 0) is 40.4 Å². The van der Waals surface area contributed by atoms with Gasteiger partial charge in [0.05, 0.1) is 17.8 Å². The molecule has 1 fully saturated rings. The lowest BCUT2D eigenvalue weighted by Gasteiger charge is -2.24. The van der Waals surface area contributed by atoms with Crippen molar-refractivity contribution >= 4 is 39.2 Å². The molecule has 0 bridgehead atoms. The van der Waals surface area contributed by atoms with Crippen LogP contribution in [0.1, 0.15) is 18.4 Å². The predicted molar refractivity (Wildman–Crippen MR) is 105 cm³/mol. The molecule has 0 aromatic carbocycles. The lowest BCUT2D eigenvalue weighted by molar-refractivity contribution is -0.141. The van der Waals surface area contributed by atoms with Gasteiger partial charge in [-0.1, -0.05) is 6.07 Å². The minimum absolute atomic E-state index is 0.230. The summed E-state index contributed by atoms with van der Waals surface area (Å²) < 4.78 is 7.50. The highest BCUT2D eigenvalue weighted by molar-refractivity contribution is 9.10. The molecule has 1 saturated heterocycles. The van der Waals surface area contributed by atoms with Gasteiger partial charge in [-0.15, -0.1) is 0 Å². The van der Waals surface area contributed by atoms with Crippen molar-refractivity contribution < 1.29 is 9.53 Å². The Balaban J connectivity index is 1.69. The Labute approximate surface area is 164 Å². The van der Waals surface area contributed by atoms with Crippen LogP contribution in [0.4, 0.5) is 11.6 Å². The van der Waals surface area contributed by atoms with Gasteiger partial charge in [0.25, 0.3) is 0 Å². The van der Waals surface area contributed by atoms with Crippen LogP contribution >= 0.6 is 15.9 Å². The molecule has 1 aliphatic rings.